The number of aromatic nitrogens is 1. The van der Waals surface area contributed by atoms with E-state index in [4.69, 9.17) is 0 Å². The molecule has 3 rings (SSSR count). The van der Waals surface area contributed by atoms with Gasteiger partial charge in [0, 0.05) is 19.4 Å². The van der Waals surface area contributed by atoms with Gasteiger partial charge < -0.3 is 5.32 Å². The molecular weight excluding hydrogens is 338 g/mol. The molecule has 2 aromatic rings. The molecular formula is C18H21N3O3S. The van der Waals surface area contributed by atoms with Crippen molar-refractivity contribution in [1.82, 2.24) is 14.6 Å². The summed E-state index contributed by atoms with van der Waals surface area (Å²) in [6, 6.07) is 12.8. The van der Waals surface area contributed by atoms with Crippen LogP contribution in [-0.2, 0) is 20.4 Å². The van der Waals surface area contributed by atoms with Crippen molar-refractivity contribution in [2.24, 2.45) is 0 Å². The van der Waals surface area contributed by atoms with Gasteiger partial charge in [-0.3, -0.25) is 9.78 Å². The van der Waals surface area contributed by atoms with E-state index in [-0.39, 0.29) is 22.9 Å². The number of amides is 1. The van der Waals surface area contributed by atoms with E-state index >= 15 is 0 Å². The number of rotatable bonds is 6. The predicted octanol–water partition coefficient (Wildman–Crippen LogP) is 1.90. The summed E-state index contributed by atoms with van der Waals surface area (Å²) in [4.78, 5) is 16.4. The fourth-order valence-electron chi connectivity index (χ4n) is 3.05. The van der Waals surface area contributed by atoms with Gasteiger partial charge in [-0.15, -0.1) is 0 Å². The van der Waals surface area contributed by atoms with Crippen molar-refractivity contribution in [3.05, 3.63) is 60.4 Å². The van der Waals surface area contributed by atoms with Crippen LogP contribution in [0.1, 0.15) is 24.8 Å². The lowest BCUT2D eigenvalue weighted by Gasteiger charge is -2.43. The van der Waals surface area contributed by atoms with E-state index in [2.05, 4.69) is 10.3 Å². The number of likely N-dealkylation sites (N-methyl/N-ethyl adjacent to an activating group) is 1. The van der Waals surface area contributed by atoms with E-state index in [1.54, 1.807) is 6.07 Å². The molecule has 1 N–H and O–H groups in total. The minimum Gasteiger partial charge on any atom is -0.345 e. The molecule has 0 radical (unpaired) electrons. The highest BCUT2D eigenvalue weighted by Crippen LogP contribution is 2.41. The summed E-state index contributed by atoms with van der Waals surface area (Å²) in [5.74, 6) is -0.307. The summed E-state index contributed by atoms with van der Waals surface area (Å²) in [7, 11) is -2.33. The molecule has 0 aliphatic heterocycles. The number of sulfonamides is 1. The topological polar surface area (TPSA) is 79.4 Å². The summed E-state index contributed by atoms with van der Waals surface area (Å²) in [6.45, 7) is -0.230. The smallest absolute Gasteiger partial charge is 0.244 e. The Balaban J connectivity index is 1.70. The first kappa shape index (κ1) is 17.6. The van der Waals surface area contributed by atoms with E-state index in [0.717, 1.165) is 29.1 Å². The highest BCUT2D eigenvalue weighted by atomic mass is 32.2. The molecule has 0 bridgehead atoms. The number of nitrogens with one attached hydrogen (secondary N) is 1. The van der Waals surface area contributed by atoms with E-state index < -0.39 is 10.0 Å². The maximum Gasteiger partial charge on any atom is 0.244 e. The average Bonchev–Trinajstić information content (AvgIpc) is 2.59. The third-order valence-electron chi connectivity index (χ3n) is 4.62. The summed E-state index contributed by atoms with van der Waals surface area (Å²) >= 11 is 0. The van der Waals surface area contributed by atoms with Crippen LogP contribution in [-0.4, -0.2) is 37.2 Å². The molecule has 0 saturated heterocycles. The van der Waals surface area contributed by atoms with Crippen molar-refractivity contribution in [2.75, 3.05) is 13.6 Å². The van der Waals surface area contributed by atoms with Crippen LogP contribution < -0.4 is 5.32 Å². The van der Waals surface area contributed by atoms with Gasteiger partial charge in [0.25, 0.3) is 0 Å². The molecule has 1 aromatic carbocycles. The van der Waals surface area contributed by atoms with Crippen LogP contribution in [0.5, 0.6) is 0 Å². The molecule has 132 valence electrons. The molecule has 1 aliphatic carbocycles. The van der Waals surface area contributed by atoms with Crippen molar-refractivity contribution in [3.8, 4) is 0 Å². The molecule has 25 heavy (non-hydrogen) atoms. The fourth-order valence-corrected chi connectivity index (χ4v) is 4.14. The Hall–Kier alpha value is -2.25. The van der Waals surface area contributed by atoms with Crippen molar-refractivity contribution >= 4 is 15.9 Å². The van der Waals surface area contributed by atoms with E-state index in [9.17, 15) is 13.2 Å². The second-order valence-electron chi connectivity index (χ2n) is 6.30. The standard InChI is InChI=1S/C18H21N3O3S/c1-21(25(23,24)16-9-5-12-19-13-16)14-17(22)20-18(10-6-11-18)15-7-3-2-4-8-15/h2-5,7-9,12-13H,6,10-11,14H2,1H3,(H,20,22). The highest BCUT2D eigenvalue weighted by Gasteiger charge is 2.40. The fraction of sp³-hybridized carbons (Fsp3) is 0.333. The van der Waals surface area contributed by atoms with Crippen molar-refractivity contribution in [3.63, 3.8) is 0 Å². The van der Waals surface area contributed by atoms with Crippen LogP contribution in [0.4, 0.5) is 0 Å². The third kappa shape index (κ3) is 3.57. The van der Waals surface area contributed by atoms with Crippen LogP contribution in [0.25, 0.3) is 0 Å². The van der Waals surface area contributed by atoms with Crippen LogP contribution in [0.3, 0.4) is 0 Å². The van der Waals surface area contributed by atoms with Crippen molar-refractivity contribution in [2.45, 2.75) is 29.7 Å². The zero-order chi connectivity index (χ0) is 17.9. The summed E-state index contributed by atoms with van der Waals surface area (Å²) in [5, 5.41) is 3.04. The number of benzene rings is 1. The lowest BCUT2D eigenvalue weighted by Crippen LogP contribution is -2.53. The van der Waals surface area contributed by atoms with E-state index in [1.807, 2.05) is 30.3 Å². The van der Waals surface area contributed by atoms with Gasteiger partial charge in [0.15, 0.2) is 0 Å². The lowest BCUT2D eigenvalue weighted by atomic mass is 9.72. The van der Waals surface area contributed by atoms with Gasteiger partial charge >= 0.3 is 0 Å². The largest absolute Gasteiger partial charge is 0.345 e. The Morgan fingerprint density at radius 2 is 1.92 bits per heavy atom. The number of carbonyl (C=O) groups excluding carboxylic acids is 1. The second kappa shape index (κ2) is 6.93. The van der Waals surface area contributed by atoms with E-state index in [0.29, 0.717) is 0 Å². The monoisotopic (exact) mass is 359 g/mol. The predicted molar refractivity (Wildman–Crippen MR) is 94.2 cm³/mol. The first-order chi connectivity index (χ1) is 11.9. The van der Waals surface area contributed by atoms with Gasteiger partial charge in [0.05, 0.1) is 12.1 Å². The zero-order valence-electron chi connectivity index (χ0n) is 14.1. The number of hydrogen-bond donors (Lipinski definition) is 1. The first-order valence-corrected chi connectivity index (χ1v) is 9.61. The summed E-state index contributed by atoms with van der Waals surface area (Å²) < 4.78 is 26.0. The molecule has 6 nitrogen and oxygen atoms in total. The molecule has 0 atom stereocenters. The Morgan fingerprint density at radius 3 is 2.48 bits per heavy atom. The van der Waals surface area contributed by atoms with Crippen LogP contribution >= 0.6 is 0 Å². The zero-order valence-corrected chi connectivity index (χ0v) is 14.9. The van der Waals surface area contributed by atoms with Gasteiger partial charge in [0.2, 0.25) is 15.9 Å². The average molecular weight is 359 g/mol. The van der Waals surface area contributed by atoms with Crippen LogP contribution in [0, 0.1) is 0 Å². The van der Waals surface area contributed by atoms with Crippen molar-refractivity contribution in [1.29, 1.82) is 0 Å². The lowest BCUT2D eigenvalue weighted by molar-refractivity contribution is -0.124. The minimum atomic E-state index is -3.73. The maximum atomic E-state index is 12.5. The normalized spacial score (nSPS) is 16.2. The molecule has 0 unspecified atom stereocenters. The molecule has 0 spiro atoms. The van der Waals surface area contributed by atoms with Crippen LogP contribution in [0.15, 0.2) is 59.8 Å². The summed E-state index contributed by atoms with van der Waals surface area (Å²) in [5.41, 5.74) is 0.685. The molecule has 1 fully saturated rings. The Kier molecular flexibility index (Phi) is 4.87. The Morgan fingerprint density at radius 1 is 1.20 bits per heavy atom. The van der Waals surface area contributed by atoms with Gasteiger partial charge in [-0.25, -0.2) is 8.42 Å². The van der Waals surface area contributed by atoms with Crippen molar-refractivity contribution < 1.29 is 13.2 Å². The number of hydrogen-bond acceptors (Lipinski definition) is 4. The Labute approximate surface area is 147 Å². The maximum absolute atomic E-state index is 12.5. The molecule has 1 heterocycles. The molecule has 1 aromatic heterocycles. The molecule has 7 heteroatoms. The van der Waals surface area contributed by atoms with Gasteiger partial charge in [-0.05, 0) is 37.0 Å². The molecule has 1 saturated carbocycles. The van der Waals surface area contributed by atoms with Gasteiger partial charge in [0.1, 0.15) is 4.90 Å². The van der Waals surface area contributed by atoms with Crippen LogP contribution in [0.2, 0.25) is 0 Å². The first-order valence-electron chi connectivity index (χ1n) is 8.17. The SMILES string of the molecule is CN(CC(=O)NC1(c2ccccc2)CCC1)S(=O)(=O)c1cccnc1. The number of nitrogens with zero attached hydrogens (tertiary/aromatic N) is 2. The number of pyridine rings is 1. The quantitative estimate of drug-likeness (QED) is 0.854. The number of carbonyl (C=O) groups is 1. The third-order valence-corrected chi connectivity index (χ3v) is 6.41. The van der Waals surface area contributed by atoms with Gasteiger partial charge in [-0.1, -0.05) is 30.3 Å². The Bertz CT molecular complexity index is 834. The van der Waals surface area contributed by atoms with E-state index in [1.165, 1.54) is 25.5 Å². The van der Waals surface area contributed by atoms with Gasteiger partial charge in [-0.2, -0.15) is 4.31 Å². The highest BCUT2D eigenvalue weighted by molar-refractivity contribution is 7.89. The molecule has 1 aliphatic rings. The summed E-state index contributed by atoms with van der Waals surface area (Å²) in [6.07, 6.45) is 5.55. The molecule has 1 amide bonds. The second-order valence-corrected chi connectivity index (χ2v) is 8.34. The minimum absolute atomic E-state index is 0.0757.